The summed E-state index contributed by atoms with van der Waals surface area (Å²) in [5.41, 5.74) is 3.11. The lowest BCUT2D eigenvalue weighted by Gasteiger charge is -2.19. The quantitative estimate of drug-likeness (QED) is 0.694. The largest absolute Gasteiger partial charge is 0.339 e. The van der Waals surface area contributed by atoms with Crippen LogP contribution in [0.2, 0.25) is 0 Å². The summed E-state index contributed by atoms with van der Waals surface area (Å²) in [6, 6.07) is 26.7. The molecule has 1 aliphatic rings. The van der Waals surface area contributed by atoms with E-state index in [4.69, 9.17) is 0 Å². The van der Waals surface area contributed by atoms with E-state index in [1.807, 2.05) is 83.8 Å². The molecule has 0 aliphatic carbocycles. The molecule has 0 radical (unpaired) electrons. The van der Waals surface area contributed by atoms with E-state index >= 15 is 0 Å². The molecule has 0 saturated carbocycles. The molecule has 0 atom stereocenters. The third-order valence-corrected chi connectivity index (χ3v) is 5.30. The number of amides is 2. The molecule has 146 valence electrons. The van der Waals surface area contributed by atoms with E-state index in [2.05, 4.69) is 5.32 Å². The van der Waals surface area contributed by atoms with E-state index in [1.165, 1.54) is 0 Å². The highest BCUT2D eigenvalue weighted by molar-refractivity contribution is 6.00. The topological polar surface area (TPSA) is 49.4 Å². The molecule has 29 heavy (non-hydrogen) atoms. The lowest BCUT2D eigenvalue weighted by molar-refractivity contribution is -0.116. The van der Waals surface area contributed by atoms with Gasteiger partial charge in [0.05, 0.1) is 5.92 Å². The van der Waals surface area contributed by atoms with Crippen molar-refractivity contribution in [3.8, 4) is 0 Å². The van der Waals surface area contributed by atoms with Gasteiger partial charge in [0.25, 0.3) is 5.91 Å². The maximum Gasteiger partial charge on any atom is 0.253 e. The molecule has 3 aromatic rings. The van der Waals surface area contributed by atoms with Crippen molar-refractivity contribution in [1.29, 1.82) is 0 Å². The van der Waals surface area contributed by atoms with Gasteiger partial charge in [-0.1, -0.05) is 66.7 Å². The molecule has 1 saturated heterocycles. The van der Waals surface area contributed by atoms with Crippen LogP contribution in [0.25, 0.3) is 0 Å². The average Bonchev–Trinajstić information content (AvgIpc) is 3.30. The first-order chi connectivity index (χ1) is 14.2. The van der Waals surface area contributed by atoms with Gasteiger partial charge in [-0.15, -0.1) is 0 Å². The van der Waals surface area contributed by atoms with Crippen molar-refractivity contribution < 1.29 is 9.59 Å². The van der Waals surface area contributed by atoms with E-state index in [-0.39, 0.29) is 11.8 Å². The fourth-order valence-corrected chi connectivity index (χ4v) is 3.83. The van der Waals surface area contributed by atoms with Crippen molar-refractivity contribution >= 4 is 17.5 Å². The van der Waals surface area contributed by atoms with Gasteiger partial charge in [-0.25, -0.2) is 0 Å². The van der Waals surface area contributed by atoms with Gasteiger partial charge in [-0.3, -0.25) is 9.59 Å². The Labute approximate surface area is 171 Å². The molecule has 4 nitrogen and oxygen atoms in total. The van der Waals surface area contributed by atoms with Crippen LogP contribution in [0.5, 0.6) is 0 Å². The van der Waals surface area contributed by atoms with Crippen LogP contribution >= 0.6 is 0 Å². The summed E-state index contributed by atoms with van der Waals surface area (Å²) >= 11 is 0. The molecule has 0 spiro atoms. The van der Waals surface area contributed by atoms with Gasteiger partial charge in [0.15, 0.2) is 0 Å². The third kappa shape index (κ3) is 4.37. The second-order valence-electron chi connectivity index (χ2n) is 7.32. The maximum atomic E-state index is 13.2. The molecule has 0 bridgehead atoms. The number of nitrogens with one attached hydrogen (secondary N) is 1. The van der Waals surface area contributed by atoms with E-state index in [0.29, 0.717) is 11.3 Å². The van der Waals surface area contributed by atoms with Gasteiger partial charge in [-0.05, 0) is 42.2 Å². The smallest absolute Gasteiger partial charge is 0.253 e. The number of carbonyl (C=O) groups is 2. The Kier molecular flexibility index (Phi) is 5.71. The lowest BCUT2D eigenvalue weighted by Crippen LogP contribution is -2.27. The predicted molar refractivity (Wildman–Crippen MR) is 115 cm³/mol. The Morgan fingerprint density at radius 3 is 1.93 bits per heavy atom. The SMILES string of the molecule is O=C(Nc1cccc(C(=O)N2CCCC2)c1)C(c1ccccc1)c1ccccc1. The number of carbonyl (C=O) groups excluding carboxylic acids is 2. The van der Waals surface area contributed by atoms with Gasteiger partial charge >= 0.3 is 0 Å². The fraction of sp³-hybridized carbons (Fsp3) is 0.200. The summed E-state index contributed by atoms with van der Waals surface area (Å²) in [6.07, 6.45) is 2.11. The van der Waals surface area contributed by atoms with Crippen molar-refractivity contribution in [3.63, 3.8) is 0 Å². The van der Waals surface area contributed by atoms with Gasteiger partial charge in [-0.2, -0.15) is 0 Å². The van der Waals surface area contributed by atoms with Crippen LogP contribution in [0, 0.1) is 0 Å². The van der Waals surface area contributed by atoms with Gasteiger partial charge in [0.1, 0.15) is 0 Å². The van der Waals surface area contributed by atoms with E-state index < -0.39 is 5.92 Å². The Morgan fingerprint density at radius 2 is 1.34 bits per heavy atom. The van der Waals surface area contributed by atoms with Crippen LogP contribution in [0.3, 0.4) is 0 Å². The molecule has 0 aromatic heterocycles. The Morgan fingerprint density at radius 1 is 0.759 bits per heavy atom. The molecule has 4 rings (SSSR count). The monoisotopic (exact) mass is 384 g/mol. The highest BCUT2D eigenvalue weighted by Gasteiger charge is 2.23. The zero-order valence-electron chi connectivity index (χ0n) is 16.3. The predicted octanol–water partition coefficient (Wildman–Crippen LogP) is 4.69. The Bertz CT molecular complexity index is 940. The average molecular weight is 384 g/mol. The Hall–Kier alpha value is -3.40. The summed E-state index contributed by atoms with van der Waals surface area (Å²) < 4.78 is 0. The van der Waals surface area contributed by atoms with Gasteiger partial charge in [0.2, 0.25) is 5.91 Å². The van der Waals surface area contributed by atoms with E-state index in [1.54, 1.807) is 6.07 Å². The van der Waals surface area contributed by atoms with Crippen molar-refractivity contribution in [2.24, 2.45) is 0 Å². The Balaban J connectivity index is 1.58. The first-order valence-electron chi connectivity index (χ1n) is 10.0. The molecule has 4 heteroatoms. The molecule has 0 unspecified atom stereocenters. The molecule has 3 aromatic carbocycles. The third-order valence-electron chi connectivity index (χ3n) is 5.30. The van der Waals surface area contributed by atoms with E-state index in [9.17, 15) is 9.59 Å². The van der Waals surface area contributed by atoms with Crippen LogP contribution < -0.4 is 5.32 Å². The fourth-order valence-electron chi connectivity index (χ4n) is 3.83. The zero-order chi connectivity index (χ0) is 20.1. The highest BCUT2D eigenvalue weighted by Crippen LogP contribution is 2.26. The van der Waals surface area contributed by atoms with Crippen LogP contribution in [-0.4, -0.2) is 29.8 Å². The van der Waals surface area contributed by atoms with Crippen molar-refractivity contribution in [2.45, 2.75) is 18.8 Å². The number of anilines is 1. The van der Waals surface area contributed by atoms with Gasteiger partial charge < -0.3 is 10.2 Å². The van der Waals surface area contributed by atoms with Gasteiger partial charge in [0, 0.05) is 24.3 Å². The minimum Gasteiger partial charge on any atom is -0.339 e. The zero-order valence-corrected chi connectivity index (χ0v) is 16.3. The molecule has 1 N–H and O–H groups in total. The summed E-state index contributed by atoms with van der Waals surface area (Å²) in [5, 5.41) is 3.02. The number of nitrogens with zero attached hydrogens (tertiary/aromatic N) is 1. The number of benzene rings is 3. The maximum absolute atomic E-state index is 13.2. The number of hydrogen-bond donors (Lipinski definition) is 1. The normalized spacial score (nSPS) is 13.5. The number of likely N-dealkylation sites (tertiary alicyclic amines) is 1. The summed E-state index contributed by atoms with van der Waals surface area (Å²) in [6.45, 7) is 1.61. The first kappa shape index (κ1) is 18.9. The molecule has 1 aliphatic heterocycles. The van der Waals surface area contributed by atoms with E-state index in [0.717, 1.165) is 37.1 Å². The lowest BCUT2D eigenvalue weighted by atomic mass is 9.90. The highest BCUT2D eigenvalue weighted by atomic mass is 16.2. The molecule has 1 heterocycles. The van der Waals surface area contributed by atoms with Crippen molar-refractivity contribution in [3.05, 3.63) is 102 Å². The standard InChI is InChI=1S/C25H24N2O2/c28-24(23(19-10-3-1-4-11-19)20-12-5-2-6-13-20)26-22-15-9-14-21(18-22)25(29)27-16-7-8-17-27/h1-6,9-15,18,23H,7-8,16-17H2,(H,26,28). The second kappa shape index (κ2) is 8.74. The summed E-state index contributed by atoms with van der Waals surface area (Å²) in [4.78, 5) is 27.8. The summed E-state index contributed by atoms with van der Waals surface area (Å²) in [7, 11) is 0. The summed E-state index contributed by atoms with van der Waals surface area (Å²) in [5.74, 6) is -0.509. The van der Waals surface area contributed by atoms with Crippen molar-refractivity contribution in [1.82, 2.24) is 4.90 Å². The second-order valence-corrected chi connectivity index (χ2v) is 7.32. The van der Waals surface area contributed by atoms with Crippen LogP contribution in [0.1, 0.15) is 40.2 Å². The molecular weight excluding hydrogens is 360 g/mol. The molecule has 1 fully saturated rings. The number of hydrogen-bond acceptors (Lipinski definition) is 2. The van der Waals surface area contributed by atoms with Crippen molar-refractivity contribution in [2.75, 3.05) is 18.4 Å². The first-order valence-corrected chi connectivity index (χ1v) is 10.0. The minimum absolute atomic E-state index is 0.0290. The minimum atomic E-state index is -0.421. The van der Waals surface area contributed by atoms with Crippen LogP contribution in [0.4, 0.5) is 5.69 Å². The number of rotatable bonds is 5. The molecular formula is C25H24N2O2. The van der Waals surface area contributed by atoms with Crippen LogP contribution in [0.15, 0.2) is 84.9 Å². The van der Waals surface area contributed by atoms with Crippen LogP contribution in [-0.2, 0) is 4.79 Å². The molecule has 2 amide bonds.